The van der Waals surface area contributed by atoms with E-state index in [-0.39, 0.29) is 11.1 Å². The Bertz CT molecular complexity index is 333. The van der Waals surface area contributed by atoms with Crippen LogP contribution in [-0.4, -0.2) is 68.1 Å². The second-order valence-corrected chi connectivity index (χ2v) is 8.46. The van der Waals surface area contributed by atoms with Gasteiger partial charge in [0.1, 0.15) is 0 Å². The number of hydrogen-bond acceptors (Lipinski definition) is 5. The van der Waals surface area contributed by atoms with Crippen molar-refractivity contribution in [2.45, 2.75) is 77.5 Å². The van der Waals surface area contributed by atoms with Crippen LogP contribution >= 0.6 is 0 Å². The van der Waals surface area contributed by atoms with Gasteiger partial charge in [0.2, 0.25) is 0 Å². The molecule has 1 rings (SSSR count). The molecule has 0 unspecified atom stereocenters. The molecule has 1 saturated heterocycles. The average molecular weight is 329 g/mol. The van der Waals surface area contributed by atoms with E-state index in [4.69, 9.17) is 4.74 Å². The summed E-state index contributed by atoms with van der Waals surface area (Å²) in [6.07, 6.45) is 2.23. The van der Waals surface area contributed by atoms with Crippen LogP contribution in [0.2, 0.25) is 0 Å². The first-order valence-corrected chi connectivity index (χ1v) is 9.12. The molecule has 0 aromatic heterocycles. The summed E-state index contributed by atoms with van der Waals surface area (Å²) >= 11 is 0. The van der Waals surface area contributed by atoms with E-state index in [1.54, 1.807) is 7.11 Å². The Hall–Kier alpha value is -0.200. The van der Waals surface area contributed by atoms with Gasteiger partial charge in [-0.3, -0.25) is 4.90 Å². The molecule has 23 heavy (non-hydrogen) atoms. The summed E-state index contributed by atoms with van der Waals surface area (Å²) in [6.45, 7) is 18.5. The number of methoxy groups -OCH3 is 1. The smallest absolute Gasteiger partial charge is 0.0989 e. The van der Waals surface area contributed by atoms with Crippen molar-refractivity contribution in [1.82, 2.24) is 20.9 Å². The molecule has 5 nitrogen and oxygen atoms in total. The Morgan fingerprint density at radius 2 is 1.57 bits per heavy atom. The third-order valence-electron chi connectivity index (χ3n) is 4.76. The molecular weight excluding hydrogens is 288 g/mol. The lowest BCUT2D eigenvalue weighted by atomic mass is 9.94. The van der Waals surface area contributed by atoms with Crippen molar-refractivity contribution in [1.29, 1.82) is 0 Å². The largest absolute Gasteiger partial charge is 0.369 e. The summed E-state index contributed by atoms with van der Waals surface area (Å²) < 4.78 is 5.43. The van der Waals surface area contributed by atoms with E-state index < -0.39 is 0 Å². The molecule has 1 aliphatic rings. The van der Waals surface area contributed by atoms with Crippen molar-refractivity contribution >= 4 is 0 Å². The molecule has 0 saturated carbocycles. The monoisotopic (exact) mass is 328 g/mol. The minimum absolute atomic E-state index is 0.132. The van der Waals surface area contributed by atoms with Crippen molar-refractivity contribution in [3.05, 3.63) is 0 Å². The van der Waals surface area contributed by atoms with Gasteiger partial charge < -0.3 is 20.7 Å². The zero-order valence-corrected chi connectivity index (χ0v) is 16.5. The van der Waals surface area contributed by atoms with Gasteiger partial charge in [-0.2, -0.15) is 0 Å². The van der Waals surface area contributed by atoms with Crippen LogP contribution in [0.3, 0.4) is 0 Å². The quantitative estimate of drug-likeness (QED) is 0.721. The van der Waals surface area contributed by atoms with Gasteiger partial charge in [0.25, 0.3) is 0 Å². The summed E-state index contributed by atoms with van der Waals surface area (Å²) in [5.41, 5.74) is 0.276. The maximum atomic E-state index is 5.43. The number of rotatable bonds is 2. The summed E-state index contributed by atoms with van der Waals surface area (Å²) in [5.74, 6) is 0. The fraction of sp³-hybridized carbons (Fsp3) is 1.00. The topological polar surface area (TPSA) is 48.6 Å². The van der Waals surface area contributed by atoms with Crippen LogP contribution in [0.5, 0.6) is 0 Å². The molecule has 0 radical (unpaired) electrons. The van der Waals surface area contributed by atoms with Crippen LogP contribution in [0, 0.1) is 0 Å². The van der Waals surface area contributed by atoms with Crippen LogP contribution in [0.1, 0.15) is 54.4 Å². The molecule has 0 bridgehead atoms. The zero-order chi connectivity index (χ0) is 17.5. The third-order valence-corrected chi connectivity index (χ3v) is 4.76. The van der Waals surface area contributed by atoms with E-state index in [0.717, 1.165) is 39.0 Å². The molecular formula is C18H40N4O. The van der Waals surface area contributed by atoms with Crippen molar-refractivity contribution in [3.63, 3.8) is 0 Å². The van der Waals surface area contributed by atoms with Gasteiger partial charge in [-0.15, -0.1) is 0 Å². The van der Waals surface area contributed by atoms with Gasteiger partial charge >= 0.3 is 0 Å². The molecule has 1 aliphatic heterocycles. The second kappa shape index (κ2) is 9.33. The Morgan fingerprint density at radius 1 is 0.957 bits per heavy atom. The standard InChI is InChI=1S/C18H40N4O/c1-15-12-17(3,4)21-10-11-22(14-23-7)16(2)13-18(5,6)20-9-8-19-15/h15-16,19-21H,8-14H2,1-7H3/t15-,16-/m1/s1. The van der Waals surface area contributed by atoms with Crippen molar-refractivity contribution in [2.24, 2.45) is 0 Å². The molecule has 5 heteroatoms. The molecule has 3 N–H and O–H groups in total. The highest BCUT2D eigenvalue weighted by Crippen LogP contribution is 2.17. The van der Waals surface area contributed by atoms with Crippen molar-refractivity contribution in [2.75, 3.05) is 40.0 Å². The van der Waals surface area contributed by atoms with E-state index in [9.17, 15) is 0 Å². The molecule has 0 amide bonds. The SMILES string of the molecule is COCN1CCNC(C)(C)C[C@@H](C)NCCNC(C)(C)C[C@H]1C. The molecule has 138 valence electrons. The van der Waals surface area contributed by atoms with Crippen LogP contribution < -0.4 is 16.0 Å². The third kappa shape index (κ3) is 8.45. The molecule has 2 atom stereocenters. The van der Waals surface area contributed by atoms with Gasteiger partial charge in [-0.1, -0.05) is 0 Å². The van der Waals surface area contributed by atoms with Gasteiger partial charge in [0.05, 0.1) is 6.73 Å². The Balaban J connectivity index is 2.75. The van der Waals surface area contributed by atoms with Gasteiger partial charge in [0, 0.05) is 56.5 Å². The van der Waals surface area contributed by atoms with Crippen molar-refractivity contribution in [3.8, 4) is 0 Å². The maximum Gasteiger partial charge on any atom is 0.0989 e. The summed E-state index contributed by atoms with van der Waals surface area (Å²) in [7, 11) is 1.78. The molecule has 0 spiro atoms. The van der Waals surface area contributed by atoms with Crippen LogP contribution in [0.4, 0.5) is 0 Å². The van der Waals surface area contributed by atoms with E-state index in [1.807, 2.05) is 0 Å². The summed E-state index contributed by atoms with van der Waals surface area (Å²) in [6, 6.07) is 0.997. The Labute approximate surface area is 143 Å². The Kier molecular flexibility index (Phi) is 8.45. The van der Waals surface area contributed by atoms with Crippen LogP contribution in [0.15, 0.2) is 0 Å². The zero-order valence-electron chi connectivity index (χ0n) is 16.5. The normalized spacial score (nSPS) is 31.4. The van der Waals surface area contributed by atoms with E-state index in [1.165, 1.54) is 0 Å². The molecule has 0 aliphatic carbocycles. The lowest BCUT2D eigenvalue weighted by Crippen LogP contribution is -2.52. The van der Waals surface area contributed by atoms with Crippen LogP contribution in [0.25, 0.3) is 0 Å². The molecule has 0 aromatic carbocycles. The minimum atomic E-state index is 0.132. The first kappa shape index (κ1) is 20.8. The Morgan fingerprint density at radius 3 is 2.22 bits per heavy atom. The second-order valence-electron chi connectivity index (χ2n) is 8.46. The fourth-order valence-corrected chi connectivity index (χ4v) is 3.68. The number of nitrogens with zero attached hydrogens (tertiary/aromatic N) is 1. The molecule has 1 fully saturated rings. The fourth-order valence-electron chi connectivity index (χ4n) is 3.68. The highest BCUT2D eigenvalue weighted by Gasteiger charge is 2.26. The highest BCUT2D eigenvalue weighted by atomic mass is 16.5. The predicted molar refractivity (Wildman–Crippen MR) is 98.9 cm³/mol. The van der Waals surface area contributed by atoms with Gasteiger partial charge in [0.15, 0.2) is 0 Å². The van der Waals surface area contributed by atoms with E-state index in [2.05, 4.69) is 62.4 Å². The lowest BCUT2D eigenvalue weighted by molar-refractivity contribution is 0.0276. The number of hydrogen-bond donors (Lipinski definition) is 3. The number of ether oxygens (including phenoxy) is 1. The first-order chi connectivity index (χ1) is 10.7. The number of nitrogens with one attached hydrogen (secondary N) is 3. The maximum absolute atomic E-state index is 5.43. The summed E-state index contributed by atoms with van der Waals surface area (Å²) in [4.78, 5) is 2.43. The minimum Gasteiger partial charge on any atom is -0.369 e. The average Bonchev–Trinajstić information content (AvgIpc) is 2.40. The lowest BCUT2D eigenvalue weighted by Gasteiger charge is -2.37. The highest BCUT2D eigenvalue weighted by molar-refractivity contribution is 4.86. The van der Waals surface area contributed by atoms with E-state index >= 15 is 0 Å². The molecule has 1 heterocycles. The van der Waals surface area contributed by atoms with Crippen molar-refractivity contribution < 1.29 is 4.74 Å². The summed E-state index contributed by atoms with van der Waals surface area (Å²) in [5, 5.41) is 11.1. The molecule has 0 aromatic rings. The van der Waals surface area contributed by atoms with Gasteiger partial charge in [-0.05, 0) is 54.4 Å². The van der Waals surface area contributed by atoms with Gasteiger partial charge in [-0.25, -0.2) is 0 Å². The van der Waals surface area contributed by atoms with Crippen LogP contribution in [-0.2, 0) is 4.74 Å². The first-order valence-electron chi connectivity index (χ1n) is 9.12. The predicted octanol–water partition coefficient (Wildman–Crippen LogP) is 1.79. The van der Waals surface area contributed by atoms with E-state index in [0.29, 0.717) is 18.8 Å².